The first-order valence-electron chi connectivity index (χ1n) is 6.62. The number of methoxy groups -OCH3 is 1. The zero-order valence-electron chi connectivity index (χ0n) is 11.6. The molecule has 5 heteroatoms. The van der Waals surface area contributed by atoms with Crippen molar-refractivity contribution in [3.05, 3.63) is 29.3 Å². The van der Waals surface area contributed by atoms with Gasteiger partial charge in [-0.05, 0) is 19.1 Å². The summed E-state index contributed by atoms with van der Waals surface area (Å²) >= 11 is 0. The molecule has 0 aromatic heterocycles. The van der Waals surface area contributed by atoms with Crippen molar-refractivity contribution in [2.45, 2.75) is 18.9 Å². The van der Waals surface area contributed by atoms with Crippen molar-refractivity contribution in [2.75, 3.05) is 26.9 Å². The molecule has 2 heterocycles. The molecule has 2 aliphatic heterocycles. The Morgan fingerprint density at radius 1 is 1.35 bits per heavy atom. The first-order valence-corrected chi connectivity index (χ1v) is 6.62. The fourth-order valence-corrected chi connectivity index (χ4v) is 3.05. The number of hydrogen-bond donors (Lipinski definition) is 1. The van der Waals surface area contributed by atoms with Gasteiger partial charge in [0.05, 0.1) is 26.9 Å². The fourth-order valence-electron chi connectivity index (χ4n) is 3.05. The van der Waals surface area contributed by atoms with Crippen LogP contribution in [0.5, 0.6) is 5.75 Å². The average molecular weight is 278 g/mol. The summed E-state index contributed by atoms with van der Waals surface area (Å²) in [5.74, 6) is -0.416. The standard InChI is InChI=1S/C15H18O5/c1-10-3-4-12(18-2)11(5-10)15(13(16)17)6-14(9-20-15)7-19-8-14/h3-5H,6-9H2,1-2H3,(H,16,17). The predicted octanol–water partition coefficient (Wildman–Crippen LogP) is 1.72. The maximum Gasteiger partial charge on any atom is 0.340 e. The van der Waals surface area contributed by atoms with Crippen LogP contribution in [0.1, 0.15) is 17.5 Å². The van der Waals surface area contributed by atoms with Crippen LogP contribution in [-0.2, 0) is 19.9 Å². The summed E-state index contributed by atoms with van der Waals surface area (Å²) in [5, 5.41) is 9.76. The minimum atomic E-state index is -1.33. The van der Waals surface area contributed by atoms with Gasteiger partial charge in [0, 0.05) is 17.4 Å². The van der Waals surface area contributed by atoms with E-state index in [2.05, 4.69) is 0 Å². The number of carboxylic acid groups (broad SMARTS) is 1. The molecule has 0 aliphatic carbocycles. The number of aryl methyl sites for hydroxylation is 1. The van der Waals surface area contributed by atoms with Crippen LogP contribution in [-0.4, -0.2) is 38.0 Å². The molecule has 2 saturated heterocycles. The van der Waals surface area contributed by atoms with Crippen molar-refractivity contribution in [1.82, 2.24) is 0 Å². The number of rotatable bonds is 3. The number of carbonyl (C=O) groups is 1. The Morgan fingerprint density at radius 2 is 2.10 bits per heavy atom. The first-order chi connectivity index (χ1) is 9.51. The third-order valence-electron chi connectivity index (χ3n) is 4.20. The van der Waals surface area contributed by atoms with Crippen molar-refractivity contribution in [2.24, 2.45) is 5.41 Å². The highest BCUT2D eigenvalue weighted by atomic mass is 16.6. The van der Waals surface area contributed by atoms with Crippen LogP contribution >= 0.6 is 0 Å². The van der Waals surface area contributed by atoms with Gasteiger partial charge in [0.15, 0.2) is 5.60 Å². The molecular weight excluding hydrogens is 260 g/mol. The van der Waals surface area contributed by atoms with E-state index in [0.29, 0.717) is 37.6 Å². The van der Waals surface area contributed by atoms with Crippen LogP contribution in [0.2, 0.25) is 0 Å². The number of benzene rings is 1. The lowest BCUT2D eigenvalue weighted by atomic mass is 9.76. The minimum absolute atomic E-state index is 0.160. The second-order valence-electron chi connectivity index (χ2n) is 5.79. The zero-order chi connectivity index (χ0) is 14.4. The Kier molecular flexibility index (Phi) is 2.99. The van der Waals surface area contributed by atoms with Crippen LogP contribution in [0.25, 0.3) is 0 Å². The summed E-state index contributed by atoms with van der Waals surface area (Å²) < 4.78 is 16.4. The number of carboxylic acids is 1. The van der Waals surface area contributed by atoms with Crippen molar-refractivity contribution >= 4 is 5.97 Å². The van der Waals surface area contributed by atoms with E-state index in [-0.39, 0.29) is 5.41 Å². The summed E-state index contributed by atoms with van der Waals surface area (Å²) in [4.78, 5) is 11.9. The molecule has 1 aromatic rings. The fraction of sp³-hybridized carbons (Fsp3) is 0.533. The van der Waals surface area contributed by atoms with Gasteiger partial charge < -0.3 is 19.3 Å². The van der Waals surface area contributed by atoms with E-state index in [1.165, 1.54) is 0 Å². The molecule has 3 rings (SSSR count). The van der Waals surface area contributed by atoms with Crippen LogP contribution < -0.4 is 4.74 Å². The molecule has 1 unspecified atom stereocenters. The lowest BCUT2D eigenvalue weighted by Crippen LogP contribution is -2.45. The molecule has 0 amide bonds. The SMILES string of the molecule is COc1ccc(C)cc1C1(C(=O)O)CC2(COC2)CO1. The molecular formula is C15H18O5. The molecule has 0 radical (unpaired) electrons. The number of aliphatic carboxylic acids is 1. The second-order valence-corrected chi connectivity index (χ2v) is 5.79. The van der Waals surface area contributed by atoms with Gasteiger partial charge in [-0.15, -0.1) is 0 Å². The van der Waals surface area contributed by atoms with Gasteiger partial charge in [-0.1, -0.05) is 11.6 Å². The molecule has 2 fully saturated rings. The lowest BCUT2D eigenvalue weighted by molar-refractivity contribution is -0.161. The smallest absolute Gasteiger partial charge is 0.340 e. The van der Waals surface area contributed by atoms with Crippen LogP contribution in [0.4, 0.5) is 0 Å². The molecule has 1 aromatic carbocycles. The van der Waals surface area contributed by atoms with Crippen molar-refractivity contribution in [3.63, 3.8) is 0 Å². The molecule has 1 atom stereocenters. The van der Waals surface area contributed by atoms with E-state index in [0.717, 1.165) is 5.56 Å². The Hall–Kier alpha value is -1.59. The van der Waals surface area contributed by atoms with Gasteiger partial charge in [-0.2, -0.15) is 0 Å². The maximum absolute atomic E-state index is 11.9. The highest BCUT2D eigenvalue weighted by Gasteiger charge is 2.59. The third kappa shape index (κ3) is 1.81. The second kappa shape index (κ2) is 4.46. The van der Waals surface area contributed by atoms with Crippen LogP contribution in [0.15, 0.2) is 18.2 Å². The van der Waals surface area contributed by atoms with Crippen molar-refractivity contribution in [3.8, 4) is 5.75 Å². The quantitative estimate of drug-likeness (QED) is 0.912. The number of ether oxygens (including phenoxy) is 3. The molecule has 0 bridgehead atoms. The van der Waals surface area contributed by atoms with E-state index in [1.54, 1.807) is 13.2 Å². The molecule has 108 valence electrons. The summed E-state index contributed by atoms with van der Waals surface area (Å²) in [6.07, 6.45) is 0.426. The predicted molar refractivity (Wildman–Crippen MR) is 70.9 cm³/mol. The van der Waals surface area contributed by atoms with Crippen LogP contribution in [0, 0.1) is 12.3 Å². The summed E-state index contributed by atoms with van der Waals surface area (Å²) in [6, 6.07) is 5.53. The topological polar surface area (TPSA) is 65.0 Å². The van der Waals surface area contributed by atoms with Gasteiger partial charge in [0.25, 0.3) is 0 Å². The van der Waals surface area contributed by atoms with E-state index in [9.17, 15) is 9.90 Å². The molecule has 20 heavy (non-hydrogen) atoms. The zero-order valence-corrected chi connectivity index (χ0v) is 11.6. The Bertz CT molecular complexity index is 549. The molecule has 0 saturated carbocycles. The van der Waals surface area contributed by atoms with E-state index < -0.39 is 11.6 Å². The van der Waals surface area contributed by atoms with Crippen molar-refractivity contribution < 1.29 is 24.1 Å². The highest BCUT2D eigenvalue weighted by molar-refractivity contribution is 5.81. The maximum atomic E-state index is 11.9. The van der Waals surface area contributed by atoms with Gasteiger partial charge in [0.2, 0.25) is 0 Å². The van der Waals surface area contributed by atoms with Gasteiger partial charge >= 0.3 is 5.97 Å². The van der Waals surface area contributed by atoms with E-state index in [1.807, 2.05) is 19.1 Å². The Morgan fingerprint density at radius 3 is 2.60 bits per heavy atom. The lowest BCUT2D eigenvalue weighted by Gasteiger charge is -2.37. The Labute approximate surface area is 117 Å². The minimum Gasteiger partial charge on any atom is -0.496 e. The monoisotopic (exact) mass is 278 g/mol. The normalized spacial score (nSPS) is 27.3. The van der Waals surface area contributed by atoms with E-state index >= 15 is 0 Å². The van der Waals surface area contributed by atoms with Crippen molar-refractivity contribution in [1.29, 1.82) is 0 Å². The van der Waals surface area contributed by atoms with Crippen LogP contribution in [0.3, 0.4) is 0 Å². The Balaban J connectivity index is 2.08. The number of hydrogen-bond acceptors (Lipinski definition) is 4. The molecule has 2 aliphatic rings. The third-order valence-corrected chi connectivity index (χ3v) is 4.20. The summed E-state index contributed by atoms with van der Waals surface area (Å²) in [6.45, 7) is 3.47. The van der Waals surface area contributed by atoms with Gasteiger partial charge in [-0.25, -0.2) is 4.79 Å². The largest absolute Gasteiger partial charge is 0.496 e. The van der Waals surface area contributed by atoms with Gasteiger partial charge in [0.1, 0.15) is 5.75 Å². The molecule has 1 spiro atoms. The molecule has 5 nitrogen and oxygen atoms in total. The average Bonchev–Trinajstić information content (AvgIpc) is 2.81. The highest BCUT2D eigenvalue weighted by Crippen LogP contribution is 2.51. The van der Waals surface area contributed by atoms with E-state index in [4.69, 9.17) is 14.2 Å². The van der Waals surface area contributed by atoms with Gasteiger partial charge in [-0.3, -0.25) is 0 Å². The summed E-state index contributed by atoms with van der Waals surface area (Å²) in [5.41, 5.74) is 0.0843. The summed E-state index contributed by atoms with van der Waals surface area (Å²) in [7, 11) is 1.54. The molecule has 1 N–H and O–H groups in total. The first kappa shape index (κ1) is 13.4.